The van der Waals surface area contributed by atoms with Crippen LogP contribution >= 0.6 is 0 Å². The van der Waals surface area contributed by atoms with Gasteiger partial charge in [0.2, 0.25) is 0 Å². The molecule has 2 N–H and O–H groups in total. The molecule has 1 aliphatic rings. The quantitative estimate of drug-likeness (QED) is 0.676. The Kier molecular flexibility index (Phi) is 2.05. The number of nitrogens with two attached hydrogens (primary N) is 1. The lowest BCUT2D eigenvalue weighted by Crippen LogP contribution is -2.23. The first kappa shape index (κ1) is 8.65. The van der Waals surface area contributed by atoms with Crippen molar-refractivity contribution < 1.29 is 4.84 Å². The summed E-state index contributed by atoms with van der Waals surface area (Å²) in [5, 5.41) is 4.13. The predicted octanol–water partition coefficient (Wildman–Crippen LogP) is 0.220. The van der Waals surface area contributed by atoms with Crippen LogP contribution in [0.3, 0.4) is 0 Å². The van der Waals surface area contributed by atoms with Crippen molar-refractivity contribution in [3.63, 3.8) is 0 Å². The summed E-state index contributed by atoms with van der Waals surface area (Å²) in [7, 11) is 0. The van der Waals surface area contributed by atoms with Crippen LogP contribution in [-0.4, -0.2) is 21.4 Å². The van der Waals surface area contributed by atoms with E-state index in [0.29, 0.717) is 6.61 Å². The molecule has 5 nitrogen and oxygen atoms in total. The number of nitrogens with zero attached hydrogens (tertiary/aromatic N) is 3. The highest BCUT2D eigenvalue weighted by Gasteiger charge is 2.48. The van der Waals surface area contributed by atoms with Crippen molar-refractivity contribution in [3.8, 4) is 0 Å². The van der Waals surface area contributed by atoms with Crippen molar-refractivity contribution in [1.82, 2.24) is 14.8 Å². The molecule has 1 fully saturated rings. The topological polar surface area (TPSA) is 66.0 Å². The fourth-order valence-corrected chi connectivity index (χ4v) is 1.65. The number of hydrogen-bond donors (Lipinski definition) is 1. The molecule has 1 aromatic heterocycles. The molecule has 1 saturated carbocycles. The van der Waals surface area contributed by atoms with Gasteiger partial charge in [0, 0.05) is 6.54 Å². The van der Waals surface area contributed by atoms with E-state index in [4.69, 9.17) is 10.7 Å². The van der Waals surface area contributed by atoms with Gasteiger partial charge in [-0.05, 0) is 19.8 Å². The fraction of sp³-hybridized carbons (Fsp3) is 0.750. The zero-order valence-corrected chi connectivity index (χ0v) is 7.73. The SMILES string of the molecule is CCn1ncnc1C1(CON)CC1. The maximum Gasteiger partial charge on any atom is 0.138 e. The summed E-state index contributed by atoms with van der Waals surface area (Å²) >= 11 is 0. The Hall–Kier alpha value is -0.940. The fourth-order valence-electron chi connectivity index (χ4n) is 1.65. The lowest BCUT2D eigenvalue weighted by atomic mass is 10.1. The summed E-state index contributed by atoms with van der Waals surface area (Å²) in [5.74, 6) is 6.11. The van der Waals surface area contributed by atoms with Crippen molar-refractivity contribution >= 4 is 0 Å². The normalized spacial score (nSPS) is 18.9. The van der Waals surface area contributed by atoms with Crippen LogP contribution < -0.4 is 5.90 Å². The minimum Gasteiger partial charge on any atom is -0.304 e. The van der Waals surface area contributed by atoms with E-state index in [1.165, 1.54) is 0 Å². The summed E-state index contributed by atoms with van der Waals surface area (Å²) in [4.78, 5) is 8.97. The zero-order valence-electron chi connectivity index (χ0n) is 7.73. The molecule has 2 rings (SSSR count). The van der Waals surface area contributed by atoms with Crippen molar-refractivity contribution in [1.29, 1.82) is 0 Å². The smallest absolute Gasteiger partial charge is 0.138 e. The Labute approximate surface area is 76.8 Å². The Bertz CT molecular complexity index is 292. The van der Waals surface area contributed by atoms with Crippen molar-refractivity contribution in [3.05, 3.63) is 12.2 Å². The second-order valence-electron chi connectivity index (χ2n) is 3.49. The van der Waals surface area contributed by atoms with E-state index in [0.717, 1.165) is 25.2 Å². The minimum atomic E-state index is 0.0568. The summed E-state index contributed by atoms with van der Waals surface area (Å²) in [6.45, 7) is 3.45. The van der Waals surface area contributed by atoms with Gasteiger partial charge in [-0.1, -0.05) is 0 Å². The molecule has 0 aliphatic heterocycles. The molecule has 0 spiro atoms. The van der Waals surface area contributed by atoms with Gasteiger partial charge in [-0.3, -0.25) is 0 Å². The molecule has 1 aromatic rings. The summed E-state index contributed by atoms with van der Waals surface area (Å²) < 4.78 is 1.91. The van der Waals surface area contributed by atoms with Gasteiger partial charge in [0.05, 0.1) is 12.0 Å². The average molecular weight is 182 g/mol. The van der Waals surface area contributed by atoms with Gasteiger partial charge >= 0.3 is 0 Å². The minimum absolute atomic E-state index is 0.0568. The summed E-state index contributed by atoms with van der Waals surface area (Å²) in [6.07, 6.45) is 3.79. The molecule has 0 radical (unpaired) electrons. The zero-order chi connectivity index (χ0) is 9.31. The highest BCUT2D eigenvalue weighted by atomic mass is 16.6. The van der Waals surface area contributed by atoms with Gasteiger partial charge in [-0.15, -0.1) is 0 Å². The molecule has 0 atom stereocenters. The average Bonchev–Trinajstić information content (AvgIpc) is 2.77. The molecule has 5 heteroatoms. The maximum atomic E-state index is 5.09. The van der Waals surface area contributed by atoms with Gasteiger partial charge in [-0.2, -0.15) is 5.10 Å². The van der Waals surface area contributed by atoms with Crippen LogP contribution in [0.4, 0.5) is 0 Å². The third kappa shape index (κ3) is 1.34. The Morgan fingerprint density at radius 2 is 2.46 bits per heavy atom. The molecule has 0 aromatic carbocycles. The van der Waals surface area contributed by atoms with Gasteiger partial charge in [0.1, 0.15) is 12.2 Å². The Morgan fingerprint density at radius 3 is 3.00 bits per heavy atom. The van der Waals surface area contributed by atoms with E-state index < -0.39 is 0 Å². The number of aromatic nitrogens is 3. The van der Waals surface area contributed by atoms with Crippen LogP contribution in [0, 0.1) is 0 Å². The monoisotopic (exact) mass is 182 g/mol. The van der Waals surface area contributed by atoms with Crippen LogP contribution in [0.1, 0.15) is 25.6 Å². The Morgan fingerprint density at radius 1 is 1.69 bits per heavy atom. The first-order chi connectivity index (χ1) is 6.32. The van der Waals surface area contributed by atoms with Gasteiger partial charge < -0.3 is 4.84 Å². The van der Waals surface area contributed by atoms with E-state index in [-0.39, 0.29) is 5.41 Å². The van der Waals surface area contributed by atoms with Crippen LogP contribution in [0.2, 0.25) is 0 Å². The molecule has 0 amide bonds. The van der Waals surface area contributed by atoms with Crippen LogP contribution in [-0.2, 0) is 16.8 Å². The van der Waals surface area contributed by atoms with E-state index in [1.54, 1.807) is 6.33 Å². The second-order valence-corrected chi connectivity index (χ2v) is 3.49. The van der Waals surface area contributed by atoms with Crippen molar-refractivity contribution in [2.45, 2.75) is 31.7 Å². The summed E-state index contributed by atoms with van der Waals surface area (Å²) in [5.41, 5.74) is 0.0568. The molecule has 1 aliphatic carbocycles. The number of rotatable bonds is 4. The van der Waals surface area contributed by atoms with Crippen LogP contribution in [0.25, 0.3) is 0 Å². The highest BCUT2D eigenvalue weighted by Crippen LogP contribution is 2.46. The molecule has 0 saturated heterocycles. The van der Waals surface area contributed by atoms with E-state index >= 15 is 0 Å². The van der Waals surface area contributed by atoms with Crippen LogP contribution in [0.5, 0.6) is 0 Å². The number of aryl methyl sites for hydroxylation is 1. The standard InChI is InChI=1S/C8H14N4O/c1-2-12-7(10-6-11-12)8(3-4-8)5-13-9/h6H,2-5,9H2,1H3. The maximum absolute atomic E-state index is 5.09. The molecule has 1 heterocycles. The first-order valence-corrected chi connectivity index (χ1v) is 4.52. The van der Waals surface area contributed by atoms with Gasteiger partial charge in [0.15, 0.2) is 0 Å². The largest absolute Gasteiger partial charge is 0.304 e. The van der Waals surface area contributed by atoms with Crippen LogP contribution in [0.15, 0.2) is 6.33 Å². The third-order valence-electron chi connectivity index (χ3n) is 2.60. The van der Waals surface area contributed by atoms with Crippen molar-refractivity contribution in [2.75, 3.05) is 6.61 Å². The van der Waals surface area contributed by atoms with Gasteiger partial charge in [-0.25, -0.2) is 15.6 Å². The lowest BCUT2D eigenvalue weighted by Gasteiger charge is -2.12. The molecular weight excluding hydrogens is 168 g/mol. The molecular formula is C8H14N4O. The van der Waals surface area contributed by atoms with Gasteiger partial charge in [0.25, 0.3) is 0 Å². The molecule has 0 bridgehead atoms. The van der Waals surface area contributed by atoms with Crippen molar-refractivity contribution in [2.24, 2.45) is 5.90 Å². The molecule has 0 unspecified atom stereocenters. The van der Waals surface area contributed by atoms with E-state index in [2.05, 4.69) is 17.0 Å². The van der Waals surface area contributed by atoms with E-state index in [1.807, 2.05) is 4.68 Å². The summed E-state index contributed by atoms with van der Waals surface area (Å²) in [6, 6.07) is 0. The van der Waals surface area contributed by atoms with E-state index in [9.17, 15) is 0 Å². The molecule has 72 valence electrons. The Balaban J connectivity index is 2.24. The lowest BCUT2D eigenvalue weighted by molar-refractivity contribution is 0.112. The third-order valence-corrected chi connectivity index (χ3v) is 2.60. The highest BCUT2D eigenvalue weighted by molar-refractivity contribution is 5.17. The molecule has 13 heavy (non-hydrogen) atoms. The number of hydrogen-bond acceptors (Lipinski definition) is 4. The first-order valence-electron chi connectivity index (χ1n) is 4.52. The predicted molar refractivity (Wildman–Crippen MR) is 46.7 cm³/mol. The second kappa shape index (κ2) is 3.08.